The second-order valence-corrected chi connectivity index (χ2v) is 5.74. The molecule has 0 radical (unpaired) electrons. The van der Waals surface area contributed by atoms with Gasteiger partial charge < -0.3 is 19.6 Å². The molecule has 0 aromatic carbocycles. The van der Waals surface area contributed by atoms with Gasteiger partial charge in [-0.05, 0) is 26.7 Å². The number of hydrogen-bond acceptors (Lipinski definition) is 5. The number of nitrogens with one attached hydrogen (secondary N) is 1. The topological polar surface area (TPSA) is 102 Å². The fourth-order valence-electron chi connectivity index (χ4n) is 1.48. The van der Waals surface area contributed by atoms with E-state index in [0.717, 1.165) is 6.26 Å². The minimum atomic E-state index is -1.18. The van der Waals surface area contributed by atoms with Crippen LogP contribution in [-0.2, 0) is 4.74 Å². The first-order valence-corrected chi connectivity index (χ1v) is 6.28. The lowest BCUT2D eigenvalue weighted by molar-refractivity contribution is 0.0479. The Morgan fingerprint density at radius 2 is 2.00 bits per heavy atom. The number of carboxylic acids is 1. The maximum Gasteiger partial charge on any atom is 0.408 e. The number of carboxylic acid groups (broad SMARTS) is 1. The van der Waals surface area contributed by atoms with Crippen molar-refractivity contribution in [2.75, 3.05) is 0 Å². The summed E-state index contributed by atoms with van der Waals surface area (Å²) >= 11 is 0. The van der Waals surface area contributed by atoms with Gasteiger partial charge in [0, 0.05) is 0 Å². The maximum atomic E-state index is 11.8. The average molecular weight is 284 g/mol. The smallest absolute Gasteiger partial charge is 0.408 e. The van der Waals surface area contributed by atoms with E-state index in [2.05, 4.69) is 10.3 Å². The Labute approximate surface area is 117 Å². The molecule has 1 heterocycles. The van der Waals surface area contributed by atoms with Gasteiger partial charge in [0.25, 0.3) is 0 Å². The summed E-state index contributed by atoms with van der Waals surface area (Å²) in [6, 6.07) is -0.557. The van der Waals surface area contributed by atoms with Crippen LogP contribution in [-0.4, -0.2) is 27.8 Å². The Morgan fingerprint density at radius 1 is 1.40 bits per heavy atom. The van der Waals surface area contributed by atoms with Crippen molar-refractivity contribution in [2.45, 2.75) is 46.3 Å². The number of oxazole rings is 1. The molecule has 1 aromatic rings. The number of alkyl carbamates (subject to hydrolysis) is 1. The van der Waals surface area contributed by atoms with Gasteiger partial charge in [0.15, 0.2) is 5.69 Å². The highest BCUT2D eigenvalue weighted by atomic mass is 16.6. The molecule has 20 heavy (non-hydrogen) atoms. The quantitative estimate of drug-likeness (QED) is 0.881. The number of hydrogen-bond donors (Lipinski definition) is 2. The fourth-order valence-corrected chi connectivity index (χ4v) is 1.48. The van der Waals surface area contributed by atoms with Crippen LogP contribution in [0.15, 0.2) is 10.7 Å². The van der Waals surface area contributed by atoms with Crippen LogP contribution in [0.3, 0.4) is 0 Å². The molecule has 1 rings (SSSR count). The highest BCUT2D eigenvalue weighted by Crippen LogP contribution is 2.22. The van der Waals surface area contributed by atoms with E-state index in [1.165, 1.54) is 0 Å². The van der Waals surface area contributed by atoms with Gasteiger partial charge in [0.2, 0.25) is 5.89 Å². The lowest BCUT2D eigenvalue weighted by Crippen LogP contribution is -2.37. The third kappa shape index (κ3) is 4.56. The fraction of sp³-hybridized carbons (Fsp3) is 0.615. The number of aromatic nitrogens is 1. The Balaban J connectivity index is 2.84. The zero-order chi connectivity index (χ0) is 15.5. The highest BCUT2D eigenvalue weighted by molar-refractivity contribution is 5.84. The molecule has 1 atom stereocenters. The van der Waals surface area contributed by atoms with Crippen molar-refractivity contribution in [3.05, 3.63) is 17.8 Å². The minimum Gasteiger partial charge on any atom is -0.476 e. The van der Waals surface area contributed by atoms with Gasteiger partial charge in [-0.2, -0.15) is 0 Å². The van der Waals surface area contributed by atoms with Crippen molar-refractivity contribution in [1.82, 2.24) is 10.3 Å². The van der Waals surface area contributed by atoms with Crippen LogP contribution in [0.1, 0.15) is 57.0 Å². The summed E-state index contributed by atoms with van der Waals surface area (Å²) in [6.07, 6.45) is 0.440. The second-order valence-electron chi connectivity index (χ2n) is 5.74. The summed E-state index contributed by atoms with van der Waals surface area (Å²) in [6.45, 7) is 8.97. The number of nitrogens with zero attached hydrogens (tertiary/aromatic N) is 1. The molecule has 0 unspecified atom stereocenters. The molecule has 0 saturated carbocycles. The molecular weight excluding hydrogens is 264 g/mol. The van der Waals surface area contributed by atoms with Crippen molar-refractivity contribution in [2.24, 2.45) is 5.92 Å². The van der Waals surface area contributed by atoms with Gasteiger partial charge in [-0.15, -0.1) is 0 Å². The summed E-state index contributed by atoms with van der Waals surface area (Å²) in [4.78, 5) is 26.4. The number of carbonyl (C=O) groups excluding carboxylic acids is 1. The van der Waals surface area contributed by atoms with Crippen molar-refractivity contribution < 1.29 is 23.8 Å². The standard InChI is InChI=1S/C13H20N2O5/c1-7(2)9(15-12(18)20-13(3,4)5)10-14-8(6-19-10)11(16)17/h6-7,9H,1-5H3,(H,15,18)(H,16,17)/t9-/m0/s1. The molecule has 112 valence electrons. The summed E-state index contributed by atoms with van der Waals surface area (Å²) in [7, 11) is 0. The highest BCUT2D eigenvalue weighted by Gasteiger charge is 2.27. The van der Waals surface area contributed by atoms with E-state index in [0.29, 0.717) is 0 Å². The van der Waals surface area contributed by atoms with Crippen LogP contribution < -0.4 is 5.32 Å². The predicted octanol–water partition coefficient (Wildman–Crippen LogP) is 2.59. The summed E-state index contributed by atoms with van der Waals surface area (Å²) in [5, 5.41) is 11.4. The average Bonchev–Trinajstić information content (AvgIpc) is 2.71. The lowest BCUT2D eigenvalue weighted by atomic mass is 10.0. The SMILES string of the molecule is CC(C)[C@H](NC(=O)OC(C)(C)C)c1nc(C(=O)O)co1. The van der Waals surface area contributed by atoms with E-state index in [1.807, 2.05) is 13.8 Å². The molecule has 0 bridgehead atoms. The molecule has 7 nitrogen and oxygen atoms in total. The third-order valence-corrected chi connectivity index (χ3v) is 2.35. The molecular formula is C13H20N2O5. The Hall–Kier alpha value is -2.05. The summed E-state index contributed by atoms with van der Waals surface area (Å²) in [5.41, 5.74) is -0.814. The molecule has 0 aliphatic carbocycles. The van der Waals surface area contributed by atoms with Crippen molar-refractivity contribution in [3.8, 4) is 0 Å². The third-order valence-electron chi connectivity index (χ3n) is 2.35. The Bertz CT molecular complexity index is 487. The van der Waals surface area contributed by atoms with Crippen LogP contribution in [0.5, 0.6) is 0 Å². The number of ether oxygens (including phenoxy) is 1. The van der Waals surface area contributed by atoms with Crippen molar-refractivity contribution in [3.63, 3.8) is 0 Å². The van der Waals surface area contributed by atoms with Crippen LogP contribution in [0, 0.1) is 5.92 Å². The Kier molecular flexibility index (Phi) is 4.75. The largest absolute Gasteiger partial charge is 0.476 e. The molecule has 0 aliphatic rings. The summed E-state index contributed by atoms with van der Waals surface area (Å²) in [5.74, 6) is -1.08. The predicted molar refractivity (Wildman–Crippen MR) is 70.4 cm³/mol. The van der Waals surface area contributed by atoms with Crippen LogP contribution >= 0.6 is 0 Å². The molecule has 0 aliphatic heterocycles. The second kappa shape index (κ2) is 5.94. The van der Waals surface area contributed by atoms with Crippen LogP contribution in [0.4, 0.5) is 4.79 Å². The number of aromatic carboxylic acids is 1. The number of amides is 1. The van der Waals surface area contributed by atoms with Crippen LogP contribution in [0.2, 0.25) is 0 Å². The normalized spacial score (nSPS) is 13.1. The monoisotopic (exact) mass is 284 g/mol. The number of rotatable bonds is 4. The van der Waals surface area contributed by atoms with E-state index in [-0.39, 0.29) is 17.5 Å². The van der Waals surface area contributed by atoms with E-state index in [4.69, 9.17) is 14.3 Å². The van der Waals surface area contributed by atoms with E-state index >= 15 is 0 Å². The maximum absolute atomic E-state index is 11.8. The molecule has 1 aromatic heterocycles. The molecule has 0 spiro atoms. The van der Waals surface area contributed by atoms with Crippen molar-refractivity contribution >= 4 is 12.1 Å². The van der Waals surface area contributed by atoms with E-state index in [1.54, 1.807) is 20.8 Å². The van der Waals surface area contributed by atoms with Gasteiger partial charge in [0.05, 0.1) is 0 Å². The van der Waals surface area contributed by atoms with Gasteiger partial charge >= 0.3 is 12.1 Å². The molecule has 2 N–H and O–H groups in total. The van der Waals surface area contributed by atoms with E-state index in [9.17, 15) is 9.59 Å². The van der Waals surface area contributed by atoms with E-state index < -0.39 is 23.7 Å². The van der Waals surface area contributed by atoms with Crippen molar-refractivity contribution in [1.29, 1.82) is 0 Å². The first kappa shape index (κ1) is 16.0. The number of carbonyl (C=O) groups is 2. The Morgan fingerprint density at radius 3 is 2.40 bits per heavy atom. The van der Waals surface area contributed by atoms with Gasteiger partial charge in [-0.1, -0.05) is 13.8 Å². The molecule has 0 saturated heterocycles. The molecule has 1 amide bonds. The lowest BCUT2D eigenvalue weighted by Gasteiger charge is -2.23. The zero-order valence-electron chi connectivity index (χ0n) is 12.3. The molecule has 7 heteroatoms. The summed E-state index contributed by atoms with van der Waals surface area (Å²) < 4.78 is 10.3. The first-order valence-electron chi connectivity index (χ1n) is 6.28. The first-order chi connectivity index (χ1) is 9.10. The van der Waals surface area contributed by atoms with Gasteiger partial charge in [0.1, 0.15) is 17.9 Å². The zero-order valence-corrected chi connectivity index (χ0v) is 12.3. The van der Waals surface area contributed by atoms with Gasteiger partial charge in [-0.25, -0.2) is 14.6 Å². The minimum absolute atomic E-state index is 0.0391. The molecule has 0 fully saturated rings. The van der Waals surface area contributed by atoms with Gasteiger partial charge in [-0.3, -0.25) is 0 Å². The van der Waals surface area contributed by atoms with Crippen LogP contribution in [0.25, 0.3) is 0 Å².